The molecule has 4 aromatic rings. The lowest BCUT2D eigenvalue weighted by molar-refractivity contribution is -0.263. The summed E-state index contributed by atoms with van der Waals surface area (Å²) in [6, 6.07) is 28.0. The zero-order valence-corrected chi connectivity index (χ0v) is 27.9. The van der Waals surface area contributed by atoms with Gasteiger partial charge in [-0.1, -0.05) is 78.9 Å². The molecule has 11 heteroatoms. The summed E-state index contributed by atoms with van der Waals surface area (Å²) in [6.07, 6.45) is 1.52. The highest BCUT2D eigenvalue weighted by Gasteiger charge is 2.42. The van der Waals surface area contributed by atoms with Crippen LogP contribution in [0, 0.1) is 0 Å². The average Bonchev–Trinajstić information content (AvgIpc) is 3.14. The van der Waals surface area contributed by atoms with Crippen molar-refractivity contribution < 1.29 is 28.9 Å². The second kappa shape index (κ2) is 16.1. The van der Waals surface area contributed by atoms with E-state index in [4.69, 9.17) is 14.2 Å². The molecule has 11 nitrogen and oxygen atoms in total. The van der Waals surface area contributed by atoms with Crippen molar-refractivity contribution in [3.05, 3.63) is 125 Å². The SMILES string of the molecule is CC(=O)OC(C)C(=O)NCc1ccc(C2OC(CN3CCN(c4ncccn4)CC3)C(c3ccccc3)C(c3ccc(CO)cc3)O2)cc1. The number of hydrogen-bond donors (Lipinski definition) is 2. The van der Waals surface area contributed by atoms with Gasteiger partial charge in [0.15, 0.2) is 12.4 Å². The van der Waals surface area contributed by atoms with Gasteiger partial charge in [-0.3, -0.25) is 14.5 Å². The number of nitrogens with zero attached hydrogens (tertiary/aromatic N) is 4. The van der Waals surface area contributed by atoms with Crippen LogP contribution >= 0.6 is 0 Å². The molecule has 1 amide bonds. The Hall–Kier alpha value is -4.68. The molecule has 0 spiro atoms. The summed E-state index contributed by atoms with van der Waals surface area (Å²) in [5.74, 6) is -0.208. The van der Waals surface area contributed by atoms with Crippen LogP contribution in [0.1, 0.15) is 60.0 Å². The number of carbonyl (C=O) groups excluding carboxylic acids is 2. The minimum Gasteiger partial charge on any atom is -0.453 e. The van der Waals surface area contributed by atoms with Gasteiger partial charge >= 0.3 is 5.97 Å². The highest BCUT2D eigenvalue weighted by atomic mass is 16.7. The summed E-state index contributed by atoms with van der Waals surface area (Å²) < 4.78 is 18.7. The Morgan fingerprint density at radius 1 is 0.857 bits per heavy atom. The summed E-state index contributed by atoms with van der Waals surface area (Å²) in [6.45, 7) is 7.11. The van der Waals surface area contributed by atoms with Crippen molar-refractivity contribution in [2.75, 3.05) is 37.6 Å². The van der Waals surface area contributed by atoms with E-state index in [0.29, 0.717) is 6.54 Å². The van der Waals surface area contributed by atoms with Crippen molar-refractivity contribution in [2.24, 2.45) is 0 Å². The molecular formula is C38H43N5O6. The fraction of sp³-hybridized carbons (Fsp3) is 0.368. The number of aromatic nitrogens is 2. The van der Waals surface area contributed by atoms with Crippen LogP contribution in [-0.2, 0) is 37.0 Å². The van der Waals surface area contributed by atoms with Gasteiger partial charge in [0, 0.05) is 70.1 Å². The van der Waals surface area contributed by atoms with Crippen molar-refractivity contribution in [2.45, 2.75) is 57.5 Å². The zero-order valence-electron chi connectivity index (χ0n) is 27.9. The Morgan fingerprint density at radius 2 is 1.51 bits per heavy atom. The van der Waals surface area contributed by atoms with Crippen molar-refractivity contribution >= 4 is 17.8 Å². The number of benzene rings is 3. The fourth-order valence-corrected chi connectivity index (χ4v) is 6.43. The second-order valence-corrected chi connectivity index (χ2v) is 12.4. The molecule has 5 unspecified atom stereocenters. The van der Waals surface area contributed by atoms with E-state index in [9.17, 15) is 14.7 Å². The molecular weight excluding hydrogens is 622 g/mol. The standard InChI is InChI=1S/C38H43N5O6/c1-26(47-27(2)45)36(46)41-23-28-9-15-32(16-10-28)37-48-33(24-42-19-21-43(22-20-42)38-39-17-6-18-40-38)34(30-7-4-3-5-8-30)35(49-37)31-13-11-29(25-44)12-14-31/h3-18,26,33-35,37,44H,19-25H2,1-2H3,(H,41,46). The number of rotatable bonds is 11. The Kier molecular flexibility index (Phi) is 11.3. The third-order valence-electron chi connectivity index (χ3n) is 9.05. The molecule has 49 heavy (non-hydrogen) atoms. The molecule has 256 valence electrons. The molecule has 2 fully saturated rings. The number of piperazine rings is 1. The smallest absolute Gasteiger partial charge is 0.303 e. The van der Waals surface area contributed by atoms with Crippen molar-refractivity contribution in [3.63, 3.8) is 0 Å². The molecule has 3 heterocycles. The van der Waals surface area contributed by atoms with E-state index in [2.05, 4.69) is 37.2 Å². The normalized spacial score (nSPS) is 21.9. The van der Waals surface area contributed by atoms with Gasteiger partial charge in [0.25, 0.3) is 5.91 Å². The van der Waals surface area contributed by atoms with E-state index >= 15 is 0 Å². The van der Waals surface area contributed by atoms with E-state index in [0.717, 1.165) is 59.9 Å². The molecule has 0 radical (unpaired) electrons. The number of nitrogens with one attached hydrogen (secondary N) is 1. The number of amides is 1. The molecule has 0 bridgehead atoms. The Morgan fingerprint density at radius 3 is 2.16 bits per heavy atom. The lowest BCUT2D eigenvalue weighted by Gasteiger charge is -2.45. The van der Waals surface area contributed by atoms with Gasteiger partial charge in [-0.25, -0.2) is 9.97 Å². The van der Waals surface area contributed by atoms with Gasteiger partial charge in [0.2, 0.25) is 5.95 Å². The minimum absolute atomic E-state index is 0.0300. The number of carbonyl (C=O) groups is 2. The highest BCUT2D eigenvalue weighted by molar-refractivity contribution is 5.82. The Balaban J connectivity index is 1.24. The average molecular weight is 666 g/mol. The van der Waals surface area contributed by atoms with E-state index in [-0.39, 0.29) is 37.2 Å². The largest absolute Gasteiger partial charge is 0.453 e. The molecule has 6 rings (SSSR count). The van der Waals surface area contributed by atoms with E-state index < -0.39 is 18.4 Å². The summed E-state index contributed by atoms with van der Waals surface area (Å²) >= 11 is 0. The minimum atomic E-state index is -0.867. The van der Waals surface area contributed by atoms with Crippen molar-refractivity contribution in [1.82, 2.24) is 20.2 Å². The Labute approximate surface area is 286 Å². The van der Waals surface area contributed by atoms with Crippen LogP contribution in [0.25, 0.3) is 0 Å². The van der Waals surface area contributed by atoms with Gasteiger partial charge in [0.1, 0.15) is 0 Å². The van der Waals surface area contributed by atoms with Crippen LogP contribution in [0.5, 0.6) is 0 Å². The van der Waals surface area contributed by atoms with Crippen LogP contribution in [-0.4, -0.2) is 76.8 Å². The number of aliphatic hydroxyl groups excluding tert-OH is 1. The van der Waals surface area contributed by atoms with Gasteiger partial charge in [-0.15, -0.1) is 0 Å². The third kappa shape index (κ3) is 8.68. The number of anilines is 1. The van der Waals surface area contributed by atoms with Crippen LogP contribution in [0.2, 0.25) is 0 Å². The third-order valence-corrected chi connectivity index (χ3v) is 9.05. The van der Waals surface area contributed by atoms with Crippen molar-refractivity contribution in [1.29, 1.82) is 0 Å². The molecule has 5 atom stereocenters. The van der Waals surface area contributed by atoms with Crippen LogP contribution < -0.4 is 10.2 Å². The van der Waals surface area contributed by atoms with Gasteiger partial charge in [0.05, 0.1) is 18.8 Å². The summed E-state index contributed by atoms with van der Waals surface area (Å²) in [7, 11) is 0. The lowest BCUT2D eigenvalue weighted by atomic mass is 9.83. The zero-order chi connectivity index (χ0) is 34.2. The number of aliphatic hydroxyl groups is 1. The lowest BCUT2D eigenvalue weighted by Crippen LogP contribution is -2.51. The quantitative estimate of drug-likeness (QED) is 0.224. The predicted octanol–water partition coefficient (Wildman–Crippen LogP) is 4.30. The highest BCUT2D eigenvalue weighted by Crippen LogP contribution is 2.47. The maximum Gasteiger partial charge on any atom is 0.303 e. The van der Waals surface area contributed by atoms with E-state index in [1.807, 2.05) is 72.8 Å². The van der Waals surface area contributed by atoms with Gasteiger partial charge in [-0.2, -0.15) is 0 Å². The molecule has 0 aliphatic carbocycles. The van der Waals surface area contributed by atoms with Gasteiger partial charge in [-0.05, 0) is 35.2 Å². The molecule has 0 saturated carbocycles. The molecule has 2 N–H and O–H groups in total. The summed E-state index contributed by atoms with van der Waals surface area (Å²) in [4.78, 5) is 37.1. The van der Waals surface area contributed by atoms with Crippen LogP contribution in [0.3, 0.4) is 0 Å². The first-order chi connectivity index (χ1) is 23.9. The first-order valence-electron chi connectivity index (χ1n) is 16.7. The molecule has 2 aliphatic heterocycles. The van der Waals surface area contributed by atoms with E-state index in [1.165, 1.54) is 6.92 Å². The number of esters is 1. The summed E-state index contributed by atoms with van der Waals surface area (Å²) in [5, 5.41) is 12.5. The second-order valence-electron chi connectivity index (χ2n) is 12.4. The van der Waals surface area contributed by atoms with Crippen molar-refractivity contribution in [3.8, 4) is 0 Å². The maximum atomic E-state index is 12.4. The first-order valence-corrected chi connectivity index (χ1v) is 16.7. The Bertz CT molecular complexity index is 1650. The molecule has 2 aliphatic rings. The molecule has 1 aromatic heterocycles. The summed E-state index contributed by atoms with van der Waals surface area (Å²) in [5.41, 5.74) is 4.73. The van der Waals surface area contributed by atoms with Crippen LogP contribution in [0.15, 0.2) is 97.3 Å². The monoisotopic (exact) mass is 665 g/mol. The number of hydrogen-bond acceptors (Lipinski definition) is 10. The van der Waals surface area contributed by atoms with E-state index in [1.54, 1.807) is 19.3 Å². The molecule has 2 saturated heterocycles. The van der Waals surface area contributed by atoms with Gasteiger partial charge < -0.3 is 29.5 Å². The van der Waals surface area contributed by atoms with Crippen LogP contribution in [0.4, 0.5) is 5.95 Å². The fourth-order valence-electron chi connectivity index (χ4n) is 6.43. The topological polar surface area (TPSA) is 126 Å². The predicted molar refractivity (Wildman–Crippen MR) is 183 cm³/mol. The maximum absolute atomic E-state index is 12.4. The molecule has 3 aromatic carbocycles. The first kappa shape index (κ1) is 34.2. The number of ether oxygens (including phenoxy) is 3.